The first-order chi connectivity index (χ1) is 10.4. The summed E-state index contributed by atoms with van der Waals surface area (Å²) in [5.41, 5.74) is 0.490. The lowest BCUT2D eigenvalue weighted by molar-refractivity contribution is -0.186. The van der Waals surface area contributed by atoms with Crippen molar-refractivity contribution in [3.8, 4) is 10.8 Å². The SMILES string of the molecule is Cc1ccc(-c2nc(C3CCCN3C(=O)C(F)(F)F)cs2)o1. The molecule has 0 bridgehead atoms. The number of thiazole rings is 1. The molecule has 1 unspecified atom stereocenters. The number of furan rings is 1. The van der Waals surface area contributed by atoms with Crippen LogP contribution < -0.4 is 0 Å². The van der Waals surface area contributed by atoms with Crippen molar-refractivity contribution in [1.82, 2.24) is 9.88 Å². The second-order valence-electron chi connectivity index (χ2n) is 5.14. The van der Waals surface area contributed by atoms with E-state index in [1.54, 1.807) is 24.4 Å². The lowest BCUT2D eigenvalue weighted by Gasteiger charge is -2.24. The van der Waals surface area contributed by atoms with Crippen molar-refractivity contribution in [1.29, 1.82) is 0 Å². The van der Waals surface area contributed by atoms with Crippen LogP contribution in [-0.4, -0.2) is 28.5 Å². The normalized spacial score (nSPS) is 18.9. The van der Waals surface area contributed by atoms with Crippen LogP contribution in [0.5, 0.6) is 0 Å². The Kier molecular flexibility index (Phi) is 3.72. The summed E-state index contributed by atoms with van der Waals surface area (Å²) in [5, 5.41) is 2.30. The smallest absolute Gasteiger partial charge is 0.459 e. The molecule has 1 aliphatic heterocycles. The van der Waals surface area contributed by atoms with Crippen molar-refractivity contribution >= 4 is 17.2 Å². The van der Waals surface area contributed by atoms with E-state index < -0.39 is 18.1 Å². The Hall–Kier alpha value is -1.83. The summed E-state index contributed by atoms with van der Waals surface area (Å²) in [5.74, 6) is -0.472. The van der Waals surface area contributed by atoms with E-state index in [1.165, 1.54) is 11.3 Å². The highest BCUT2D eigenvalue weighted by molar-refractivity contribution is 7.13. The molecule has 0 saturated carbocycles. The summed E-state index contributed by atoms with van der Waals surface area (Å²) in [6, 6.07) is 2.95. The minimum atomic E-state index is -4.85. The van der Waals surface area contributed by atoms with E-state index in [-0.39, 0.29) is 6.54 Å². The second kappa shape index (κ2) is 5.42. The third-order valence-corrected chi connectivity index (χ3v) is 4.45. The number of aromatic nitrogens is 1. The van der Waals surface area contributed by atoms with Crippen LogP contribution in [0.25, 0.3) is 10.8 Å². The molecule has 1 atom stereocenters. The van der Waals surface area contributed by atoms with Gasteiger partial charge in [0.2, 0.25) is 0 Å². The topological polar surface area (TPSA) is 46.3 Å². The zero-order chi connectivity index (χ0) is 15.9. The Bertz CT molecular complexity index is 692. The molecule has 118 valence electrons. The quantitative estimate of drug-likeness (QED) is 0.838. The molecule has 8 heteroatoms. The van der Waals surface area contributed by atoms with Gasteiger partial charge >= 0.3 is 12.1 Å². The summed E-state index contributed by atoms with van der Waals surface area (Å²) in [6.45, 7) is 1.91. The highest BCUT2D eigenvalue weighted by Crippen LogP contribution is 2.37. The van der Waals surface area contributed by atoms with Crippen molar-refractivity contribution < 1.29 is 22.4 Å². The van der Waals surface area contributed by atoms with Gasteiger partial charge < -0.3 is 9.32 Å². The molecule has 0 aromatic carbocycles. The molecule has 22 heavy (non-hydrogen) atoms. The van der Waals surface area contributed by atoms with E-state index in [4.69, 9.17) is 4.42 Å². The first-order valence-corrected chi connectivity index (χ1v) is 7.64. The number of halogens is 3. The number of nitrogens with zero attached hydrogens (tertiary/aromatic N) is 2. The predicted octanol–water partition coefficient (Wildman–Crippen LogP) is 3.94. The summed E-state index contributed by atoms with van der Waals surface area (Å²) in [6.07, 6.45) is -3.82. The minimum Gasteiger partial charge on any atom is -0.459 e. The number of amides is 1. The van der Waals surface area contributed by atoms with Gasteiger partial charge in [0.05, 0.1) is 11.7 Å². The Morgan fingerprint density at radius 3 is 2.86 bits per heavy atom. The lowest BCUT2D eigenvalue weighted by atomic mass is 10.1. The Morgan fingerprint density at radius 2 is 2.23 bits per heavy atom. The zero-order valence-corrected chi connectivity index (χ0v) is 12.5. The van der Waals surface area contributed by atoms with Crippen LogP contribution in [0.15, 0.2) is 21.9 Å². The van der Waals surface area contributed by atoms with Crippen LogP contribution in [0.1, 0.15) is 30.3 Å². The van der Waals surface area contributed by atoms with Gasteiger partial charge in [-0.3, -0.25) is 4.79 Å². The average Bonchev–Trinajstić information content (AvgIpc) is 3.15. The number of aryl methyl sites for hydroxylation is 1. The third-order valence-electron chi connectivity index (χ3n) is 3.57. The van der Waals surface area contributed by atoms with Gasteiger partial charge in [0.25, 0.3) is 0 Å². The first-order valence-electron chi connectivity index (χ1n) is 6.76. The second-order valence-corrected chi connectivity index (χ2v) is 6.00. The molecule has 2 aromatic rings. The molecule has 1 aliphatic rings. The van der Waals surface area contributed by atoms with Crippen LogP contribution >= 0.6 is 11.3 Å². The van der Waals surface area contributed by atoms with Crippen molar-refractivity contribution in [3.63, 3.8) is 0 Å². The highest BCUT2D eigenvalue weighted by Gasteiger charge is 2.46. The number of carbonyl (C=O) groups excluding carboxylic acids is 1. The van der Waals surface area contributed by atoms with Crippen LogP contribution in [0.3, 0.4) is 0 Å². The maximum atomic E-state index is 12.6. The summed E-state index contributed by atoms with van der Waals surface area (Å²) in [7, 11) is 0. The van der Waals surface area contributed by atoms with Gasteiger partial charge in [0.15, 0.2) is 10.8 Å². The molecule has 3 heterocycles. The van der Waals surface area contributed by atoms with Gasteiger partial charge in [-0.05, 0) is 31.9 Å². The largest absolute Gasteiger partial charge is 0.471 e. The van der Waals surface area contributed by atoms with Gasteiger partial charge in [-0.1, -0.05) is 0 Å². The maximum Gasteiger partial charge on any atom is 0.471 e. The molecule has 1 amide bonds. The van der Waals surface area contributed by atoms with Crippen LogP contribution in [0.4, 0.5) is 13.2 Å². The van der Waals surface area contributed by atoms with Gasteiger partial charge in [-0.15, -0.1) is 11.3 Å². The van der Waals surface area contributed by atoms with Crippen molar-refractivity contribution in [2.75, 3.05) is 6.54 Å². The van der Waals surface area contributed by atoms with Crippen molar-refractivity contribution in [3.05, 3.63) is 29.0 Å². The van der Waals surface area contributed by atoms with E-state index in [1.807, 2.05) is 0 Å². The molecule has 0 radical (unpaired) electrons. The third kappa shape index (κ3) is 2.75. The van der Waals surface area contributed by atoms with Gasteiger partial charge in [-0.2, -0.15) is 13.2 Å². The molecule has 0 spiro atoms. The fourth-order valence-corrected chi connectivity index (χ4v) is 3.41. The number of carbonyl (C=O) groups is 1. The molecule has 0 aliphatic carbocycles. The number of hydrogen-bond donors (Lipinski definition) is 0. The predicted molar refractivity (Wildman–Crippen MR) is 74.3 cm³/mol. The highest BCUT2D eigenvalue weighted by atomic mass is 32.1. The summed E-state index contributed by atoms with van der Waals surface area (Å²) >= 11 is 1.30. The fourth-order valence-electron chi connectivity index (χ4n) is 2.58. The van der Waals surface area contributed by atoms with E-state index in [0.717, 1.165) is 10.7 Å². The van der Waals surface area contributed by atoms with Gasteiger partial charge in [0.1, 0.15) is 5.76 Å². The monoisotopic (exact) mass is 330 g/mol. The molecular formula is C14H13F3N2O2S. The van der Waals surface area contributed by atoms with Crippen LogP contribution in [-0.2, 0) is 4.79 Å². The number of rotatable bonds is 2. The van der Waals surface area contributed by atoms with Crippen LogP contribution in [0.2, 0.25) is 0 Å². The molecule has 2 aromatic heterocycles. The average molecular weight is 330 g/mol. The summed E-state index contributed by atoms with van der Waals surface area (Å²) in [4.78, 5) is 16.7. The molecule has 1 saturated heterocycles. The number of likely N-dealkylation sites (tertiary alicyclic amines) is 1. The number of alkyl halides is 3. The number of hydrogen-bond acceptors (Lipinski definition) is 4. The van der Waals surface area contributed by atoms with Crippen LogP contribution in [0, 0.1) is 6.92 Å². The molecule has 4 nitrogen and oxygen atoms in total. The van der Waals surface area contributed by atoms with Crippen molar-refractivity contribution in [2.45, 2.75) is 32.0 Å². The first kappa shape index (κ1) is 15.1. The maximum absolute atomic E-state index is 12.6. The molecule has 3 rings (SSSR count). The van der Waals surface area contributed by atoms with Gasteiger partial charge in [-0.25, -0.2) is 4.98 Å². The Morgan fingerprint density at radius 1 is 1.45 bits per heavy atom. The standard InChI is InChI=1S/C14H13F3N2O2S/c1-8-4-5-11(21-8)12-18-9(7-22-12)10-3-2-6-19(10)13(20)14(15,16)17/h4-5,7,10H,2-3,6H2,1H3. The summed E-state index contributed by atoms with van der Waals surface area (Å²) < 4.78 is 43.4. The fraction of sp³-hybridized carbons (Fsp3) is 0.429. The molecule has 0 N–H and O–H groups in total. The van der Waals surface area contributed by atoms with E-state index in [9.17, 15) is 18.0 Å². The van der Waals surface area contributed by atoms with Gasteiger partial charge in [0, 0.05) is 11.9 Å². The van der Waals surface area contributed by atoms with E-state index in [0.29, 0.717) is 29.3 Å². The Balaban J connectivity index is 1.85. The van der Waals surface area contributed by atoms with E-state index in [2.05, 4.69) is 4.98 Å². The molecule has 1 fully saturated rings. The lowest BCUT2D eigenvalue weighted by Crippen LogP contribution is -2.40. The molecular weight excluding hydrogens is 317 g/mol. The van der Waals surface area contributed by atoms with E-state index >= 15 is 0 Å². The Labute approximate surface area is 128 Å². The zero-order valence-electron chi connectivity index (χ0n) is 11.7. The minimum absolute atomic E-state index is 0.107. The van der Waals surface area contributed by atoms with Crippen molar-refractivity contribution in [2.24, 2.45) is 0 Å².